The van der Waals surface area contributed by atoms with E-state index in [4.69, 9.17) is 5.11 Å². The van der Waals surface area contributed by atoms with Crippen molar-refractivity contribution in [3.63, 3.8) is 0 Å². The van der Waals surface area contributed by atoms with Gasteiger partial charge in [-0.05, 0) is 78.4 Å². The molecule has 0 saturated heterocycles. The Hall–Kier alpha value is -5.22. The van der Waals surface area contributed by atoms with Crippen molar-refractivity contribution in [3.8, 4) is 5.75 Å². The van der Waals surface area contributed by atoms with E-state index in [-0.39, 0.29) is 5.70 Å². The van der Waals surface area contributed by atoms with Crippen LogP contribution in [0.4, 0.5) is 0 Å². The van der Waals surface area contributed by atoms with Crippen LogP contribution in [0, 0.1) is 0 Å². The number of nitrogens with one attached hydrogen (secondary N) is 1. The number of aliphatic imine (C=N–C) groups is 2. The van der Waals surface area contributed by atoms with Crippen LogP contribution >= 0.6 is 0 Å². The number of nitrogens with zero attached hydrogens (tertiary/aromatic N) is 3. The van der Waals surface area contributed by atoms with Gasteiger partial charge in [-0.15, -0.1) is 0 Å². The summed E-state index contributed by atoms with van der Waals surface area (Å²) in [5.74, 6) is -3.36. The van der Waals surface area contributed by atoms with Crippen LogP contribution in [0.25, 0.3) is 12.2 Å². The van der Waals surface area contributed by atoms with Crippen molar-refractivity contribution in [2.24, 2.45) is 9.98 Å². The summed E-state index contributed by atoms with van der Waals surface area (Å²) >= 11 is 0. The van der Waals surface area contributed by atoms with E-state index < -0.39 is 17.1 Å². The Bertz CT molecular complexity index is 1840. The molecule has 5 heterocycles. The van der Waals surface area contributed by atoms with Crippen LogP contribution in [0.2, 0.25) is 0 Å². The van der Waals surface area contributed by atoms with E-state index in [1.807, 2.05) is 30.4 Å². The summed E-state index contributed by atoms with van der Waals surface area (Å²) in [6.45, 7) is 0. The number of H-pyrrole nitrogens is 1. The van der Waals surface area contributed by atoms with Crippen molar-refractivity contribution in [1.82, 2.24) is 10.0 Å². The highest BCUT2D eigenvalue weighted by atomic mass is 16.6. The number of hydrogen-bond acceptors (Lipinski definition) is 8. The van der Waals surface area contributed by atoms with Crippen LogP contribution in [-0.4, -0.2) is 52.9 Å². The number of allylic oxidation sites excluding steroid dienone is 5. The molecule has 0 saturated carbocycles. The molecule has 0 fully saturated rings. The van der Waals surface area contributed by atoms with E-state index >= 15 is 0 Å². The summed E-state index contributed by atoms with van der Waals surface area (Å²) < 4.78 is 0. The Morgan fingerprint density at radius 2 is 1.22 bits per heavy atom. The maximum absolute atomic E-state index is 11.4. The number of aromatic hydroxyl groups is 1. The highest BCUT2D eigenvalue weighted by molar-refractivity contribution is 6.20. The number of phenolic OH excluding ortho intramolecular Hbond substituents is 1. The topological polar surface area (TPSA) is 145 Å². The fraction of sp³-hybridized carbons (Fsp3) is 0.0625. The molecule has 9 heteroatoms. The third-order valence-corrected chi connectivity index (χ3v) is 6.98. The fourth-order valence-corrected chi connectivity index (χ4v) is 5.00. The van der Waals surface area contributed by atoms with Gasteiger partial charge in [0, 0.05) is 10.7 Å². The Morgan fingerprint density at radius 3 is 1.80 bits per heavy atom. The summed E-state index contributed by atoms with van der Waals surface area (Å²) in [6, 6.07) is 21.0. The molecule has 4 aliphatic rings. The van der Waals surface area contributed by atoms with Crippen LogP contribution in [0.3, 0.4) is 0 Å². The molecule has 1 aromatic heterocycles. The average molecular weight is 547 g/mol. The average Bonchev–Trinajstić information content (AvgIpc) is 3.74. The summed E-state index contributed by atoms with van der Waals surface area (Å²) in [5, 5.41) is 55.8. The molecule has 41 heavy (non-hydrogen) atoms. The predicted octanol–water partition coefficient (Wildman–Crippen LogP) is 2.82. The first kappa shape index (κ1) is 26.0. The maximum atomic E-state index is 11.4. The molecule has 9 nitrogen and oxygen atoms in total. The van der Waals surface area contributed by atoms with Gasteiger partial charge < -0.3 is 25.4 Å². The van der Waals surface area contributed by atoms with Gasteiger partial charge in [0.15, 0.2) is 11.3 Å². The van der Waals surface area contributed by atoms with Gasteiger partial charge in [0.1, 0.15) is 11.4 Å². The van der Waals surface area contributed by atoms with Crippen molar-refractivity contribution in [2.45, 2.75) is 11.3 Å². The lowest BCUT2D eigenvalue weighted by molar-refractivity contribution is -0.254. The van der Waals surface area contributed by atoms with Crippen LogP contribution in [0.1, 0.15) is 5.56 Å². The quantitative estimate of drug-likeness (QED) is 0.259. The van der Waals surface area contributed by atoms with E-state index in [2.05, 4.69) is 15.0 Å². The van der Waals surface area contributed by atoms with Gasteiger partial charge in [0.05, 0.1) is 22.8 Å². The number of para-hydroxylation sites is 1. The monoisotopic (exact) mass is 546 g/mol. The normalized spacial score (nSPS) is 21.7. The van der Waals surface area contributed by atoms with Gasteiger partial charge >= 0.3 is 0 Å². The van der Waals surface area contributed by atoms with Crippen molar-refractivity contribution >= 4 is 23.6 Å². The summed E-state index contributed by atoms with van der Waals surface area (Å²) in [7, 11) is 0. The van der Waals surface area contributed by atoms with E-state index in [1.165, 1.54) is 12.2 Å². The van der Waals surface area contributed by atoms with Gasteiger partial charge in [-0.1, -0.05) is 48.5 Å². The summed E-state index contributed by atoms with van der Waals surface area (Å²) in [4.78, 5) is 12.4. The number of hydrogen-bond donors (Lipinski definition) is 6. The third-order valence-electron chi connectivity index (χ3n) is 6.98. The van der Waals surface area contributed by atoms with E-state index in [0.29, 0.717) is 39.2 Å². The first-order valence-electron chi connectivity index (χ1n) is 12.8. The zero-order chi connectivity index (χ0) is 28.6. The van der Waals surface area contributed by atoms with Crippen molar-refractivity contribution in [2.75, 3.05) is 0 Å². The minimum atomic E-state index is -2.87. The first-order chi connectivity index (χ1) is 19.8. The number of hydroxylamine groups is 2. The third kappa shape index (κ3) is 4.64. The summed E-state index contributed by atoms with van der Waals surface area (Å²) in [5.41, 5.74) is 0.259. The molecular weight excluding hydrogens is 520 g/mol. The molecular formula is C32H26N4O5. The number of aliphatic hydroxyl groups excluding tert-OH is 1. The summed E-state index contributed by atoms with van der Waals surface area (Å²) in [6.07, 6.45) is 13.5. The van der Waals surface area contributed by atoms with E-state index in [9.17, 15) is 20.5 Å². The lowest BCUT2D eigenvalue weighted by Crippen LogP contribution is -2.55. The molecule has 0 spiro atoms. The molecule has 0 radical (unpaired) electrons. The second-order valence-corrected chi connectivity index (χ2v) is 9.72. The minimum Gasteiger partial charge on any atom is -0.508 e. The van der Waals surface area contributed by atoms with Gasteiger partial charge in [0.25, 0.3) is 5.79 Å². The van der Waals surface area contributed by atoms with Crippen LogP contribution in [0.5, 0.6) is 5.75 Å². The molecule has 6 N–H and O–H groups in total. The number of rotatable bonds is 1. The highest BCUT2D eigenvalue weighted by Gasteiger charge is 2.63. The predicted molar refractivity (Wildman–Crippen MR) is 155 cm³/mol. The van der Waals surface area contributed by atoms with Crippen molar-refractivity contribution in [1.29, 1.82) is 0 Å². The molecule has 204 valence electrons. The number of phenols is 1. The molecule has 2 aromatic carbocycles. The number of aromatic nitrogens is 1. The van der Waals surface area contributed by atoms with Gasteiger partial charge in [-0.25, -0.2) is 15.0 Å². The Balaban J connectivity index is 0.000000380. The van der Waals surface area contributed by atoms with Crippen LogP contribution in [-0.2, 0) is 5.54 Å². The highest BCUT2D eigenvalue weighted by Crippen LogP contribution is 2.51. The largest absolute Gasteiger partial charge is 0.508 e. The SMILES string of the molecule is OC1=C2C=C3C=CC(=N3)C=c3ccc([nH]3)=CC3=NC(=CC(c4ccccc4)(N2O)C1(O)O)C=C3.Oc1ccccc1. The molecule has 7 rings (SSSR count). The van der Waals surface area contributed by atoms with Gasteiger partial charge in [0.2, 0.25) is 0 Å². The lowest BCUT2D eigenvalue weighted by atomic mass is 9.81. The van der Waals surface area contributed by atoms with E-state index in [1.54, 1.807) is 78.9 Å². The standard InChI is InChI=1S/C26H20N4O4.C6H6O/c31-24-23-14-21-9-8-19(28-21)12-17-6-7-18(27-17)13-20-10-11-22(29-20)15-25(30(23)34,26(24,32)33)16-4-2-1-3-5-16;7-6-4-2-1-3-5-6/h1-15,27,31-34H;1-5,7H. The fourth-order valence-electron chi connectivity index (χ4n) is 5.00. The Morgan fingerprint density at radius 1 is 0.659 bits per heavy atom. The minimum absolute atomic E-state index is 0.192. The molecule has 0 aliphatic carbocycles. The molecule has 1 unspecified atom stereocenters. The molecule has 1 atom stereocenters. The Kier molecular flexibility index (Phi) is 6.39. The van der Waals surface area contributed by atoms with Crippen molar-refractivity contribution < 1.29 is 25.6 Å². The van der Waals surface area contributed by atoms with E-state index in [0.717, 1.165) is 10.7 Å². The Labute approximate surface area is 234 Å². The van der Waals surface area contributed by atoms with Gasteiger partial charge in [-0.3, -0.25) is 5.21 Å². The second kappa shape index (κ2) is 10.1. The second-order valence-electron chi connectivity index (χ2n) is 9.72. The number of fused-ring (bicyclic) bond motifs is 6. The zero-order valence-electron chi connectivity index (χ0n) is 21.6. The van der Waals surface area contributed by atoms with Crippen LogP contribution < -0.4 is 10.7 Å². The maximum Gasteiger partial charge on any atom is 0.259 e. The molecule has 0 amide bonds. The molecule has 8 bridgehead atoms. The number of benzene rings is 2. The lowest BCUT2D eigenvalue weighted by Gasteiger charge is -2.40. The zero-order valence-corrected chi connectivity index (χ0v) is 21.6. The van der Waals surface area contributed by atoms with Crippen LogP contribution in [0.15, 0.2) is 142 Å². The smallest absolute Gasteiger partial charge is 0.259 e. The van der Waals surface area contributed by atoms with Gasteiger partial charge in [-0.2, -0.15) is 0 Å². The number of aliphatic hydroxyl groups is 3. The molecule has 4 aliphatic heterocycles. The van der Waals surface area contributed by atoms with Crippen molar-refractivity contribution in [3.05, 3.63) is 148 Å². The first-order valence-corrected chi connectivity index (χ1v) is 12.8. The molecule has 3 aromatic rings. The number of aromatic amines is 1.